The van der Waals surface area contributed by atoms with Gasteiger partial charge >= 0.3 is 0 Å². The Kier molecular flexibility index (Phi) is 9.11. The Morgan fingerprint density at radius 2 is 0.700 bits per heavy atom. The number of hydrogen-bond donors (Lipinski definition) is 2. The molecular weight excluding hydrogens is 526 g/mol. The van der Waals surface area contributed by atoms with Gasteiger partial charge in [0.05, 0.1) is 12.2 Å². The normalized spacial score (nSPS) is 24.4. The Hall–Kier alpha value is -2.34. The van der Waals surface area contributed by atoms with Gasteiger partial charge in [0.15, 0.2) is 0 Å². The predicted octanol–water partition coefficient (Wildman–Crippen LogP) is 6.31. The first-order valence-corrected chi connectivity index (χ1v) is 17.7. The van der Waals surface area contributed by atoms with Crippen LogP contribution >= 0.6 is 15.8 Å². The molecule has 2 N–H and O–H groups in total. The van der Waals surface area contributed by atoms with Crippen molar-refractivity contribution in [2.24, 2.45) is 11.8 Å². The van der Waals surface area contributed by atoms with E-state index in [-0.39, 0.29) is 11.8 Å². The van der Waals surface area contributed by atoms with Gasteiger partial charge in [-0.15, -0.1) is 0 Å². The predicted molar refractivity (Wildman–Crippen MR) is 172 cm³/mol. The lowest BCUT2D eigenvalue weighted by atomic mass is 9.87. The summed E-state index contributed by atoms with van der Waals surface area (Å²) in [5.74, 6) is 0.227. The Balaban J connectivity index is 1.29. The van der Waals surface area contributed by atoms with E-state index in [1.165, 1.54) is 21.2 Å². The van der Waals surface area contributed by atoms with Crippen LogP contribution in [0.4, 0.5) is 0 Å². The third-order valence-corrected chi connectivity index (χ3v) is 15.1. The molecule has 4 heteroatoms. The van der Waals surface area contributed by atoms with Gasteiger partial charge in [-0.05, 0) is 85.9 Å². The molecule has 0 radical (unpaired) electrons. The molecule has 4 aromatic carbocycles. The molecule has 2 aliphatic rings. The van der Waals surface area contributed by atoms with E-state index in [4.69, 9.17) is 0 Å². The molecule has 6 unspecified atom stereocenters. The van der Waals surface area contributed by atoms with E-state index in [1.54, 1.807) is 0 Å². The molecule has 0 aromatic heterocycles. The summed E-state index contributed by atoms with van der Waals surface area (Å²) in [4.78, 5) is 0. The molecule has 0 saturated heterocycles. The first-order chi connectivity index (χ1) is 19.7. The minimum atomic E-state index is -0.695. The second-order valence-electron chi connectivity index (χ2n) is 11.4. The zero-order chi connectivity index (χ0) is 27.3. The number of rotatable bonds is 9. The number of aliphatic hydroxyl groups is 2. The topological polar surface area (TPSA) is 40.5 Å². The summed E-state index contributed by atoms with van der Waals surface area (Å²) in [6.07, 6.45) is 5.05. The lowest BCUT2D eigenvalue weighted by Crippen LogP contribution is -2.45. The molecular formula is C36H40O2P2. The number of hydrogen-bond acceptors (Lipinski definition) is 2. The van der Waals surface area contributed by atoms with Gasteiger partial charge in [0.1, 0.15) is 0 Å². The van der Waals surface area contributed by atoms with E-state index < -0.39 is 28.1 Å². The summed E-state index contributed by atoms with van der Waals surface area (Å²) >= 11 is 0. The standard InChI is InChI=1S/C36H40O2P2/c37-35(31-23-13-25-33(31)39(27-15-5-1-6-16-27)28-17-7-2-8-18-28)36(38)32-24-14-26-34(32)40(29-19-9-3-10-20-29)30-21-11-4-12-22-30/h1-12,15-22,31-38H,13-14,23-26H2. The molecule has 206 valence electrons. The number of aliphatic hydroxyl groups excluding tert-OH is 2. The molecule has 0 heterocycles. The van der Waals surface area contributed by atoms with Crippen LogP contribution in [0.15, 0.2) is 121 Å². The van der Waals surface area contributed by atoms with Gasteiger partial charge in [0.25, 0.3) is 0 Å². The molecule has 4 aromatic rings. The summed E-state index contributed by atoms with van der Waals surface area (Å²) in [7, 11) is -1.25. The maximum absolute atomic E-state index is 12.0. The lowest BCUT2D eigenvalue weighted by Gasteiger charge is -2.38. The minimum Gasteiger partial charge on any atom is -0.390 e. The van der Waals surface area contributed by atoms with Gasteiger partial charge < -0.3 is 10.2 Å². The van der Waals surface area contributed by atoms with Gasteiger partial charge in [-0.3, -0.25) is 0 Å². The molecule has 2 nitrogen and oxygen atoms in total. The van der Waals surface area contributed by atoms with E-state index in [0.29, 0.717) is 11.3 Å². The zero-order valence-electron chi connectivity index (χ0n) is 23.0. The van der Waals surface area contributed by atoms with E-state index >= 15 is 0 Å². The van der Waals surface area contributed by atoms with Gasteiger partial charge in [0.2, 0.25) is 0 Å². The SMILES string of the molecule is OC(C(O)C1CCCC1P(c1ccccc1)c1ccccc1)C1CCCC1P(c1ccccc1)c1ccccc1. The molecule has 0 aliphatic heterocycles. The van der Waals surface area contributed by atoms with Crippen molar-refractivity contribution in [1.29, 1.82) is 0 Å². The van der Waals surface area contributed by atoms with Crippen LogP contribution in [0.2, 0.25) is 0 Å². The second-order valence-corrected chi connectivity index (χ2v) is 16.3. The highest BCUT2D eigenvalue weighted by Gasteiger charge is 2.46. The molecule has 2 aliphatic carbocycles. The smallest absolute Gasteiger partial charge is 0.0836 e. The van der Waals surface area contributed by atoms with Crippen LogP contribution in [-0.2, 0) is 0 Å². The Morgan fingerprint density at radius 3 is 0.975 bits per heavy atom. The van der Waals surface area contributed by atoms with Gasteiger partial charge in [-0.25, -0.2) is 0 Å². The van der Waals surface area contributed by atoms with Crippen LogP contribution in [0.1, 0.15) is 38.5 Å². The highest BCUT2D eigenvalue weighted by molar-refractivity contribution is 7.74. The van der Waals surface area contributed by atoms with Crippen LogP contribution in [0.25, 0.3) is 0 Å². The summed E-state index contributed by atoms with van der Waals surface area (Å²) in [6.45, 7) is 0. The molecule has 40 heavy (non-hydrogen) atoms. The summed E-state index contributed by atoms with van der Waals surface area (Å²) in [6, 6.07) is 43.6. The highest BCUT2D eigenvalue weighted by Crippen LogP contribution is 2.54. The van der Waals surface area contributed by atoms with E-state index in [1.807, 2.05) is 0 Å². The maximum atomic E-state index is 12.0. The minimum absolute atomic E-state index is 0.113. The quantitative estimate of drug-likeness (QED) is 0.233. The van der Waals surface area contributed by atoms with Crippen molar-refractivity contribution in [3.63, 3.8) is 0 Å². The van der Waals surface area contributed by atoms with Gasteiger partial charge in [-0.1, -0.05) is 134 Å². The maximum Gasteiger partial charge on any atom is 0.0836 e. The van der Waals surface area contributed by atoms with E-state index in [2.05, 4.69) is 121 Å². The summed E-state index contributed by atoms with van der Waals surface area (Å²) in [5, 5.41) is 29.5. The Bertz CT molecular complexity index is 1130. The third kappa shape index (κ3) is 5.84. The van der Waals surface area contributed by atoms with Crippen LogP contribution in [0.3, 0.4) is 0 Å². The van der Waals surface area contributed by atoms with Gasteiger partial charge in [-0.2, -0.15) is 0 Å². The molecule has 0 amide bonds. The third-order valence-electron chi connectivity index (χ3n) is 9.09. The second kappa shape index (κ2) is 13.1. The average molecular weight is 567 g/mol. The van der Waals surface area contributed by atoms with Crippen molar-refractivity contribution in [3.05, 3.63) is 121 Å². The van der Waals surface area contributed by atoms with E-state index in [0.717, 1.165) is 38.5 Å². The number of benzene rings is 4. The van der Waals surface area contributed by atoms with Crippen LogP contribution in [-0.4, -0.2) is 33.7 Å². The van der Waals surface area contributed by atoms with Crippen molar-refractivity contribution in [1.82, 2.24) is 0 Å². The first kappa shape index (κ1) is 27.8. The summed E-state index contributed by atoms with van der Waals surface area (Å²) < 4.78 is 0. The fourth-order valence-corrected chi connectivity index (χ4v) is 13.7. The first-order valence-electron chi connectivity index (χ1n) is 14.9. The lowest BCUT2D eigenvalue weighted by molar-refractivity contribution is -0.0429. The highest BCUT2D eigenvalue weighted by atomic mass is 31.1. The Labute approximate surface area is 242 Å². The van der Waals surface area contributed by atoms with Crippen molar-refractivity contribution < 1.29 is 10.2 Å². The van der Waals surface area contributed by atoms with Crippen molar-refractivity contribution in [2.45, 2.75) is 62.1 Å². The molecule has 6 rings (SSSR count). The largest absolute Gasteiger partial charge is 0.390 e. The Morgan fingerprint density at radius 1 is 0.425 bits per heavy atom. The summed E-state index contributed by atoms with van der Waals surface area (Å²) in [5.41, 5.74) is 0.739. The fourth-order valence-electron chi connectivity index (χ4n) is 7.30. The van der Waals surface area contributed by atoms with Crippen molar-refractivity contribution >= 4 is 37.1 Å². The molecule has 2 saturated carbocycles. The van der Waals surface area contributed by atoms with Gasteiger partial charge in [0, 0.05) is 0 Å². The molecule has 0 bridgehead atoms. The fraction of sp³-hybridized carbons (Fsp3) is 0.333. The van der Waals surface area contributed by atoms with Crippen LogP contribution in [0.5, 0.6) is 0 Å². The molecule has 6 atom stereocenters. The monoisotopic (exact) mass is 566 g/mol. The van der Waals surface area contributed by atoms with E-state index in [9.17, 15) is 10.2 Å². The zero-order valence-corrected chi connectivity index (χ0v) is 24.8. The van der Waals surface area contributed by atoms with Crippen molar-refractivity contribution in [3.8, 4) is 0 Å². The van der Waals surface area contributed by atoms with Crippen molar-refractivity contribution in [2.75, 3.05) is 0 Å². The molecule has 0 spiro atoms. The molecule has 2 fully saturated rings. The van der Waals surface area contributed by atoms with Crippen LogP contribution in [0, 0.1) is 11.8 Å². The van der Waals surface area contributed by atoms with Crippen LogP contribution < -0.4 is 21.2 Å². The average Bonchev–Trinajstić information content (AvgIpc) is 3.70.